The van der Waals surface area contributed by atoms with Crippen molar-refractivity contribution in [3.8, 4) is 0 Å². The average Bonchev–Trinajstić information content (AvgIpc) is 2.89. The second-order valence-corrected chi connectivity index (χ2v) is 13.3. The number of carboxylic acids is 1. The molecule has 6 heteroatoms. The fourth-order valence-electron chi connectivity index (χ4n) is 7.05. The second-order valence-electron chi connectivity index (χ2n) is 13.3. The summed E-state index contributed by atoms with van der Waals surface area (Å²) in [6.45, 7) is 17.9. The molecule has 1 saturated carbocycles. The summed E-state index contributed by atoms with van der Waals surface area (Å²) in [5, 5.41) is 22.4. The number of aliphatic carboxylic acids is 1. The Morgan fingerprint density at radius 2 is 1.78 bits per heavy atom. The zero-order valence-corrected chi connectivity index (χ0v) is 25.4. The van der Waals surface area contributed by atoms with E-state index in [0.717, 1.165) is 17.6 Å². The third-order valence-electron chi connectivity index (χ3n) is 9.96. The molecule has 1 aromatic carbocycles. The highest BCUT2D eigenvalue weighted by Crippen LogP contribution is 2.61. The third-order valence-corrected chi connectivity index (χ3v) is 9.96. The molecule has 6 atom stereocenters. The van der Waals surface area contributed by atoms with Gasteiger partial charge in [0.15, 0.2) is 11.6 Å². The molecule has 6 nitrogen and oxygen atoms in total. The van der Waals surface area contributed by atoms with Crippen LogP contribution < -0.4 is 0 Å². The van der Waals surface area contributed by atoms with Gasteiger partial charge in [0.1, 0.15) is 23.2 Å². The molecule has 4 rings (SSSR count). The first kappa shape index (κ1) is 30.5. The van der Waals surface area contributed by atoms with Crippen molar-refractivity contribution in [1.29, 1.82) is 0 Å². The highest BCUT2D eigenvalue weighted by Gasteiger charge is 2.59. The summed E-state index contributed by atoms with van der Waals surface area (Å²) in [6, 6.07) is 9.09. The summed E-state index contributed by atoms with van der Waals surface area (Å²) >= 11 is 0. The van der Waals surface area contributed by atoms with Crippen molar-refractivity contribution in [2.75, 3.05) is 0 Å². The maximum atomic E-state index is 14.7. The van der Waals surface area contributed by atoms with E-state index in [0.29, 0.717) is 12.0 Å². The maximum absolute atomic E-state index is 14.7. The summed E-state index contributed by atoms with van der Waals surface area (Å²) in [5.74, 6) is -2.92. The van der Waals surface area contributed by atoms with Crippen LogP contribution in [0, 0.1) is 28.6 Å². The van der Waals surface area contributed by atoms with Gasteiger partial charge in [-0.3, -0.25) is 14.4 Å². The summed E-state index contributed by atoms with van der Waals surface area (Å²) in [5.41, 5.74) is 1.38. The van der Waals surface area contributed by atoms with Gasteiger partial charge in [-0.2, -0.15) is 0 Å². The van der Waals surface area contributed by atoms with E-state index in [1.807, 2.05) is 57.2 Å². The monoisotopic (exact) mass is 560 g/mol. The summed E-state index contributed by atoms with van der Waals surface area (Å²) in [7, 11) is 0. The predicted octanol–water partition coefficient (Wildman–Crippen LogP) is 7.49. The van der Waals surface area contributed by atoms with Gasteiger partial charge in [0.05, 0.1) is 17.8 Å². The predicted molar refractivity (Wildman–Crippen MR) is 159 cm³/mol. The molecule has 1 aromatic rings. The van der Waals surface area contributed by atoms with E-state index in [4.69, 9.17) is 4.74 Å². The number of ether oxygens (including phenoxy) is 1. The molecule has 0 unspecified atom stereocenters. The fraction of sp³-hybridized carbons (Fsp3) is 0.514. The minimum Gasteiger partial charge on any atom is -0.511 e. The van der Waals surface area contributed by atoms with Crippen LogP contribution in [0.25, 0.3) is 0 Å². The summed E-state index contributed by atoms with van der Waals surface area (Å²) < 4.78 is 6.26. The van der Waals surface area contributed by atoms with E-state index >= 15 is 0 Å². The Kier molecular flexibility index (Phi) is 8.28. The van der Waals surface area contributed by atoms with Crippen molar-refractivity contribution in [3.05, 3.63) is 82.4 Å². The van der Waals surface area contributed by atoms with Gasteiger partial charge in [0, 0.05) is 11.5 Å². The van der Waals surface area contributed by atoms with Gasteiger partial charge in [-0.1, -0.05) is 74.9 Å². The highest BCUT2D eigenvalue weighted by atomic mass is 16.5. The molecule has 3 aliphatic rings. The van der Waals surface area contributed by atoms with Crippen LogP contribution in [0.2, 0.25) is 0 Å². The van der Waals surface area contributed by atoms with Crippen LogP contribution in [0.15, 0.2) is 76.8 Å². The number of carboxylic acid groups (broad SMARTS) is 1. The van der Waals surface area contributed by atoms with Crippen LogP contribution in [0.1, 0.15) is 85.6 Å². The summed E-state index contributed by atoms with van der Waals surface area (Å²) in [6.07, 6.45) is 2.44. The highest BCUT2D eigenvalue weighted by molar-refractivity contribution is 6.25. The number of hydrogen-bond donors (Lipinski definition) is 2. The van der Waals surface area contributed by atoms with Gasteiger partial charge in [-0.15, -0.1) is 0 Å². The van der Waals surface area contributed by atoms with E-state index in [1.54, 1.807) is 13.8 Å². The van der Waals surface area contributed by atoms with Gasteiger partial charge in [-0.05, 0) is 69.8 Å². The number of rotatable bonds is 9. The average molecular weight is 561 g/mol. The second kappa shape index (κ2) is 11.1. The van der Waals surface area contributed by atoms with E-state index in [-0.39, 0.29) is 58.5 Å². The van der Waals surface area contributed by atoms with Crippen molar-refractivity contribution < 1.29 is 29.3 Å². The Morgan fingerprint density at radius 1 is 1.15 bits per heavy atom. The first-order chi connectivity index (χ1) is 19.1. The molecule has 0 bridgehead atoms. The van der Waals surface area contributed by atoms with E-state index in [2.05, 4.69) is 20.4 Å². The quantitative estimate of drug-likeness (QED) is 0.240. The van der Waals surface area contributed by atoms with Gasteiger partial charge in [0.25, 0.3) is 0 Å². The minimum atomic E-state index is -1.42. The smallest absolute Gasteiger partial charge is 0.304 e. The van der Waals surface area contributed by atoms with Crippen LogP contribution in [0.3, 0.4) is 0 Å². The molecule has 0 spiro atoms. The van der Waals surface area contributed by atoms with Crippen LogP contribution in [-0.4, -0.2) is 33.9 Å². The Bertz CT molecular complexity index is 1360. The molecule has 1 heterocycles. The molecule has 2 N–H and O–H groups in total. The van der Waals surface area contributed by atoms with Crippen molar-refractivity contribution in [2.24, 2.45) is 28.6 Å². The summed E-state index contributed by atoms with van der Waals surface area (Å²) in [4.78, 5) is 40.8. The molecular weight excluding hydrogens is 516 g/mol. The zero-order chi connectivity index (χ0) is 30.4. The Balaban J connectivity index is 2.01. The lowest BCUT2D eigenvalue weighted by molar-refractivity contribution is -0.137. The van der Waals surface area contributed by atoms with E-state index < -0.39 is 35.1 Å². The molecular formula is C35H44O6. The number of carbonyl (C=O) groups excluding carboxylic acids is 2. The Hall–Kier alpha value is -3.41. The van der Waals surface area contributed by atoms with E-state index in [9.17, 15) is 24.6 Å². The Morgan fingerprint density at radius 3 is 2.32 bits per heavy atom. The molecule has 1 fully saturated rings. The molecule has 1 aliphatic heterocycles. The fourth-order valence-corrected chi connectivity index (χ4v) is 7.05. The van der Waals surface area contributed by atoms with Crippen LogP contribution in [0.5, 0.6) is 0 Å². The van der Waals surface area contributed by atoms with Crippen LogP contribution >= 0.6 is 0 Å². The number of aliphatic hydroxyl groups excluding tert-OH is 1. The molecule has 220 valence electrons. The SMILES string of the molecule is C=C(C)[C@@H]1C[C@@H](C[C@@]2(CC=C(C)C)C(=O)C3=C(O[C@H](C)[C@H](C)C3=O)C([C@H](CC(=O)O)c3ccccc3)=C2O)C1(C)C. The van der Waals surface area contributed by atoms with Crippen LogP contribution in [0.4, 0.5) is 0 Å². The van der Waals surface area contributed by atoms with Gasteiger partial charge < -0.3 is 14.9 Å². The number of allylic oxidation sites excluding steroid dienone is 6. The maximum Gasteiger partial charge on any atom is 0.304 e. The normalized spacial score (nSPS) is 29.7. The number of benzene rings is 1. The number of ketones is 2. The van der Waals surface area contributed by atoms with E-state index in [1.165, 1.54) is 0 Å². The van der Waals surface area contributed by atoms with Gasteiger partial charge >= 0.3 is 5.97 Å². The van der Waals surface area contributed by atoms with Crippen molar-refractivity contribution in [2.45, 2.75) is 86.2 Å². The minimum absolute atomic E-state index is 0.0366. The van der Waals surface area contributed by atoms with Crippen molar-refractivity contribution in [3.63, 3.8) is 0 Å². The van der Waals surface area contributed by atoms with Crippen molar-refractivity contribution >= 4 is 17.5 Å². The number of hydrogen-bond acceptors (Lipinski definition) is 5. The first-order valence-corrected chi connectivity index (χ1v) is 14.6. The number of aliphatic hydroxyl groups is 1. The third kappa shape index (κ3) is 5.22. The largest absolute Gasteiger partial charge is 0.511 e. The molecule has 0 saturated heterocycles. The van der Waals surface area contributed by atoms with Crippen molar-refractivity contribution in [1.82, 2.24) is 0 Å². The lowest BCUT2D eigenvalue weighted by atomic mass is 9.48. The standard InChI is InChI=1S/C35H44O6/c1-19(2)14-15-35(18-24-16-26(20(3)4)34(24,7)8)32(39)28(25(17-27(36)37)23-12-10-9-11-13-23)31-29(33(35)40)30(38)21(5)22(6)41-31/h9-14,21-22,24-26,39H,3,15-18H2,1-2,4-8H3,(H,36,37)/t21-,22+,24-,25+,26-,35+/m0/s1. The lowest BCUT2D eigenvalue weighted by Gasteiger charge is -2.56. The molecule has 0 aromatic heterocycles. The molecule has 0 amide bonds. The molecule has 2 aliphatic carbocycles. The molecule has 0 radical (unpaired) electrons. The van der Waals surface area contributed by atoms with Gasteiger partial charge in [-0.25, -0.2) is 0 Å². The number of carbonyl (C=O) groups is 3. The zero-order valence-electron chi connectivity index (χ0n) is 25.4. The lowest BCUT2D eigenvalue weighted by Crippen LogP contribution is -2.52. The topological polar surface area (TPSA) is 101 Å². The van der Waals surface area contributed by atoms with Gasteiger partial charge in [0.2, 0.25) is 0 Å². The molecule has 41 heavy (non-hydrogen) atoms. The van der Waals surface area contributed by atoms with Crippen LogP contribution in [-0.2, 0) is 19.1 Å². The number of Topliss-reactive ketones (excluding diaryl/α,β-unsaturated/α-hetero) is 2. The Labute approximate surface area is 243 Å². The first-order valence-electron chi connectivity index (χ1n) is 14.6.